The number of likely N-dealkylation sites (tertiary alicyclic amines) is 1. The summed E-state index contributed by atoms with van der Waals surface area (Å²) in [5.41, 5.74) is 0.730. The number of piperidine rings is 1. The number of nitrogens with zero attached hydrogens (tertiary/aromatic N) is 2. The Balaban J connectivity index is 1.65. The number of amides is 2. The molecule has 23 heavy (non-hydrogen) atoms. The second-order valence-corrected chi connectivity index (χ2v) is 5.90. The van der Waals surface area contributed by atoms with Crippen LogP contribution in [0.1, 0.15) is 32.6 Å². The van der Waals surface area contributed by atoms with E-state index in [0.29, 0.717) is 24.5 Å². The van der Waals surface area contributed by atoms with E-state index in [1.54, 1.807) is 17.0 Å². The molecule has 3 rings (SSSR count). The molecule has 124 valence electrons. The SMILES string of the molecule is CC(=O)N(CCC(=O)N1CCCCC1)c1ccc2c(c1)OCO2. The van der Waals surface area contributed by atoms with Gasteiger partial charge in [-0.25, -0.2) is 0 Å². The highest BCUT2D eigenvalue weighted by molar-refractivity contribution is 5.92. The normalized spacial score (nSPS) is 16.3. The lowest BCUT2D eigenvalue weighted by atomic mass is 10.1. The zero-order chi connectivity index (χ0) is 16.2. The van der Waals surface area contributed by atoms with Gasteiger partial charge in [0.15, 0.2) is 11.5 Å². The Morgan fingerprint density at radius 1 is 1.13 bits per heavy atom. The minimum absolute atomic E-state index is 0.0877. The maximum atomic E-state index is 12.3. The van der Waals surface area contributed by atoms with Gasteiger partial charge in [0, 0.05) is 44.7 Å². The zero-order valence-electron chi connectivity index (χ0n) is 13.4. The number of hydrogen-bond acceptors (Lipinski definition) is 4. The lowest BCUT2D eigenvalue weighted by Crippen LogP contribution is -2.38. The van der Waals surface area contributed by atoms with Crippen molar-refractivity contribution >= 4 is 17.5 Å². The van der Waals surface area contributed by atoms with Gasteiger partial charge in [0.05, 0.1) is 0 Å². The minimum atomic E-state index is -0.0877. The van der Waals surface area contributed by atoms with Crippen molar-refractivity contribution < 1.29 is 19.1 Å². The van der Waals surface area contributed by atoms with Crippen molar-refractivity contribution in [1.29, 1.82) is 0 Å². The molecule has 2 aliphatic rings. The molecule has 0 aliphatic carbocycles. The molecular formula is C17H22N2O4. The number of carbonyl (C=O) groups is 2. The van der Waals surface area contributed by atoms with Gasteiger partial charge in [-0.05, 0) is 31.4 Å². The largest absolute Gasteiger partial charge is 0.454 e. The van der Waals surface area contributed by atoms with Crippen LogP contribution in [0.3, 0.4) is 0 Å². The van der Waals surface area contributed by atoms with Crippen molar-refractivity contribution in [3.8, 4) is 11.5 Å². The number of carbonyl (C=O) groups excluding carboxylic acids is 2. The molecule has 1 saturated heterocycles. The first-order valence-electron chi connectivity index (χ1n) is 8.10. The highest BCUT2D eigenvalue weighted by Crippen LogP contribution is 2.35. The van der Waals surface area contributed by atoms with Gasteiger partial charge in [-0.15, -0.1) is 0 Å². The van der Waals surface area contributed by atoms with E-state index in [9.17, 15) is 9.59 Å². The van der Waals surface area contributed by atoms with Crippen molar-refractivity contribution in [3.05, 3.63) is 18.2 Å². The summed E-state index contributed by atoms with van der Waals surface area (Å²) in [4.78, 5) is 27.8. The van der Waals surface area contributed by atoms with Gasteiger partial charge >= 0.3 is 0 Å². The summed E-state index contributed by atoms with van der Waals surface area (Å²) in [7, 11) is 0. The average Bonchev–Trinajstić information content (AvgIpc) is 3.03. The van der Waals surface area contributed by atoms with Crippen LogP contribution in [0.5, 0.6) is 11.5 Å². The summed E-state index contributed by atoms with van der Waals surface area (Å²) in [5, 5.41) is 0. The van der Waals surface area contributed by atoms with Crippen molar-refractivity contribution in [1.82, 2.24) is 4.90 Å². The molecule has 0 radical (unpaired) electrons. The lowest BCUT2D eigenvalue weighted by Gasteiger charge is -2.28. The lowest BCUT2D eigenvalue weighted by molar-refractivity contribution is -0.131. The van der Waals surface area contributed by atoms with E-state index in [-0.39, 0.29) is 18.6 Å². The number of benzene rings is 1. The highest BCUT2D eigenvalue weighted by atomic mass is 16.7. The van der Waals surface area contributed by atoms with Crippen LogP contribution in [0.25, 0.3) is 0 Å². The second kappa shape index (κ2) is 6.89. The summed E-state index contributed by atoms with van der Waals surface area (Å²) in [6.45, 7) is 3.76. The molecular weight excluding hydrogens is 296 g/mol. The molecule has 0 aromatic heterocycles. The van der Waals surface area contributed by atoms with Crippen LogP contribution in [-0.2, 0) is 9.59 Å². The number of anilines is 1. The van der Waals surface area contributed by atoms with Gasteiger partial charge in [0.2, 0.25) is 18.6 Å². The number of fused-ring (bicyclic) bond motifs is 1. The van der Waals surface area contributed by atoms with Gasteiger partial charge in [-0.1, -0.05) is 0 Å². The van der Waals surface area contributed by atoms with E-state index in [4.69, 9.17) is 9.47 Å². The van der Waals surface area contributed by atoms with Crippen molar-refractivity contribution in [2.45, 2.75) is 32.6 Å². The Kier molecular flexibility index (Phi) is 4.69. The van der Waals surface area contributed by atoms with E-state index < -0.39 is 0 Å². The third-order valence-corrected chi connectivity index (χ3v) is 4.31. The molecule has 1 fully saturated rings. The Labute approximate surface area is 136 Å². The fourth-order valence-corrected chi connectivity index (χ4v) is 3.03. The van der Waals surface area contributed by atoms with Crippen LogP contribution in [0.2, 0.25) is 0 Å². The summed E-state index contributed by atoms with van der Waals surface area (Å²) in [6, 6.07) is 5.40. The maximum absolute atomic E-state index is 12.3. The van der Waals surface area contributed by atoms with Crippen molar-refractivity contribution in [2.24, 2.45) is 0 Å². The van der Waals surface area contributed by atoms with Crippen LogP contribution in [0, 0.1) is 0 Å². The molecule has 2 aliphatic heterocycles. The monoisotopic (exact) mass is 318 g/mol. The van der Waals surface area contributed by atoms with Gasteiger partial charge < -0.3 is 19.3 Å². The summed E-state index contributed by atoms with van der Waals surface area (Å²) in [6.07, 6.45) is 3.68. The molecule has 6 nitrogen and oxygen atoms in total. The summed E-state index contributed by atoms with van der Waals surface area (Å²) < 4.78 is 10.6. The first kappa shape index (κ1) is 15.6. The topological polar surface area (TPSA) is 59.1 Å². The van der Waals surface area contributed by atoms with Crippen LogP contribution in [0.15, 0.2) is 18.2 Å². The van der Waals surface area contributed by atoms with Crippen LogP contribution in [-0.4, -0.2) is 43.1 Å². The van der Waals surface area contributed by atoms with E-state index in [2.05, 4.69) is 0 Å². The molecule has 0 atom stereocenters. The van der Waals surface area contributed by atoms with E-state index >= 15 is 0 Å². The Bertz CT molecular complexity index is 596. The molecule has 1 aromatic rings. The van der Waals surface area contributed by atoms with Crippen LogP contribution >= 0.6 is 0 Å². The molecule has 0 bridgehead atoms. The molecule has 0 N–H and O–H groups in total. The molecule has 0 unspecified atom stereocenters. The zero-order valence-corrected chi connectivity index (χ0v) is 13.4. The Hall–Kier alpha value is -2.24. The third-order valence-electron chi connectivity index (χ3n) is 4.31. The first-order valence-corrected chi connectivity index (χ1v) is 8.10. The van der Waals surface area contributed by atoms with Crippen LogP contribution in [0.4, 0.5) is 5.69 Å². The fraction of sp³-hybridized carbons (Fsp3) is 0.529. The van der Waals surface area contributed by atoms with E-state index in [1.807, 2.05) is 11.0 Å². The Morgan fingerprint density at radius 3 is 2.61 bits per heavy atom. The van der Waals surface area contributed by atoms with Crippen LogP contribution < -0.4 is 14.4 Å². The quantitative estimate of drug-likeness (QED) is 0.854. The third kappa shape index (κ3) is 3.57. The predicted octanol–water partition coefficient (Wildman–Crippen LogP) is 2.17. The number of ether oxygens (including phenoxy) is 2. The fourth-order valence-electron chi connectivity index (χ4n) is 3.03. The van der Waals surface area contributed by atoms with Gasteiger partial charge in [-0.2, -0.15) is 0 Å². The standard InChI is InChI=1S/C17H22N2O4/c1-13(20)19(10-7-17(21)18-8-3-2-4-9-18)14-5-6-15-16(11-14)23-12-22-15/h5-6,11H,2-4,7-10,12H2,1H3. The predicted molar refractivity (Wildman–Crippen MR) is 85.6 cm³/mol. The van der Waals surface area contributed by atoms with E-state index in [0.717, 1.165) is 31.6 Å². The first-order chi connectivity index (χ1) is 11.1. The summed E-state index contributed by atoms with van der Waals surface area (Å²) >= 11 is 0. The molecule has 2 amide bonds. The molecule has 1 aromatic carbocycles. The summed E-state index contributed by atoms with van der Waals surface area (Å²) in [5.74, 6) is 1.35. The van der Waals surface area contributed by atoms with E-state index in [1.165, 1.54) is 13.3 Å². The average molecular weight is 318 g/mol. The molecule has 0 saturated carbocycles. The molecule has 6 heteroatoms. The number of rotatable bonds is 4. The van der Waals surface area contributed by atoms with Gasteiger partial charge in [0.1, 0.15) is 0 Å². The van der Waals surface area contributed by atoms with Gasteiger partial charge in [-0.3, -0.25) is 9.59 Å². The Morgan fingerprint density at radius 2 is 1.87 bits per heavy atom. The van der Waals surface area contributed by atoms with Crippen molar-refractivity contribution in [3.63, 3.8) is 0 Å². The minimum Gasteiger partial charge on any atom is -0.454 e. The van der Waals surface area contributed by atoms with Crippen molar-refractivity contribution in [2.75, 3.05) is 31.3 Å². The maximum Gasteiger partial charge on any atom is 0.231 e. The molecule has 0 spiro atoms. The molecule has 2 heterocycles. The second-order valence-electron chi connectivity index (χ2n) is 5.90. The van der Waals surface area contributed by atoms with Gasteiger partial charge in [0.25, 0.3) is 0 Å². The smallest absolute Gasteiger partial charge is 0.231 e. The highest BCUT2D eigenvalue weighted by Gasteiger charge is 2.21. The number of hydrogen-bond donors (Lipinski definition) is 0.